The monoisotopic (exact) mass is 244 g/mol. The van der Waals surface area contributed by atoms with Crippen molar-refractivity contribution < 1.29 is 4.79 Å². The Morgan fingerprint density at radius 3 is 3.17 bits per heavy atom. The molecule has 2 aliphatic heterocycles. The third-order valence-electron chi connectivity index (χ3n) is 4.01. The molecule has 3 rings (SSSR count). The SMILES string of the molecule is C[C@@H]1CCCN(Cc2ccc3c(c2)C(=O)NC3)C1. The lowest BCUT2D eigenvalue weighted by Crippen LogP contribution is -2.33. The van der Waals surface area contributed by atoms with E-state index in [4.69, 9.17) is 0 Å². The number of nitrogens with zero attached hydrogens (tertiary/aromatic N) is 1. The molecule has 1 saturated heterocycles. The quantitative estimate of drug-likeness (QED) is 0.864. The van der Waals surface area contributed by atoms with Gasteiger partial charge in [0.15, 0.2) is 0 Å². The zero-order valence-corrected chi connectivity index (χ0v) is 10.9. The van der Waals surface area contributed by atoms with Crippen molar-refractivity contribution in [2.75, 3.05) is 13.1 Å². The fourth-order valence-corrected chi connectivity index (χ4v) is 3.05. The summed E-state index contributed by atoms with van der Waals surface area (Å²) in [5.41, 5.74) is 3.27. The molecule has 1 N–H and O–H groups in total. The molecular weight excluding hydrogens is 224 g/mol. The van der Waals surface area contributed by atoms with E-state index in [0.29, 0.717) is 6.54 Å². The fraction of sp³-hybridized carbons (Fsp3) is 0.533. The van der Waals surface area contributed by atoms with Gasteiger partial charge in [0.1, 0.15) is 0 Å². The average Bonchev–Trinajstić information content (AvgIpc) is 2.71. The van der Waals surface area contributed by atoms with Crippen molar-refractivity contribution in [3.05, 3.63) is 34.9 Å². The Labute approximate surface area is 108 Å². The van der Waals surface area contributed by atoms with Gasteiger partial charge in [-0.3, -0.25) is 9.69 Å². The van der Waals surface area contributed by atoms with Gasteiger partial charge in [0.2, 0.25) is 0 Å². The third-order valence-corrected chi connectivity index (χ3v) is 4.01. The lowest BCUT2D eigenvalue weighted by atomic mass is 9.99. The second-order valence-corrected chi connectivity index (χ2v) is 5.66. The number of carbonyl (C=O) groups is 1. The Hall–Kier alpha value is -1.35. The summed E-state index contributed by atoms with van der Waals surface area (Å²) in [4.78, 5) is 14.1. The first-order chi connectivity index (χ1) is 8.72. The van der Waals surface area contributed by atoms with Crippen LogP contribution in [0.2, 0.25) is 0 Å². The number of hydrogen-bond acceptors (Lipinski definition) is 2. The van der Waals surface area contributed by atoms with Crippen LogP contribution < -0.4 is 5.32 Å². The van der Waals surface area contributed by atoms with Crippen LogP contribution in [0.5, 0.6) is 0 Å². The number of rotatable bonds is 2. The maximum absolute atomic E-state index is 11.6. The van der Waals surface area contributed by atoms with Gasteiger partial charge in [-0.25, -0.2) is 0 Å². The average molecular weight is 244 g/mol. The number of benzene rings is 1. The highest BCUT2D eigenvalue weighted by Gasteiger charge is 2.20. The van der Waals surface area contributed by atoms with E-state index in [2.05, 4.69) is 35.3 Å². The van der Waals surface area contributed by atoms with Crippen LogP contribution >= 0.6 is 0 Å². The zero-order chi connectivity index (χ0) is 12.5. The van der Waals surface area contributed by atoms with E-state index >= 15 is 0 Å². The van der Waals surface area contributed by atoms with Crippen LogP contribution in [0.15, 0.2) is 18.2 Å². The standard InChI is InChI=1S/C15H20N2O/c1-11-3-2-6-17(9-11)10-12-4-5-13-8-16-15(18)14(13)7-12/h4-5,7,11H,2-3,6,8-10H2,1H3,(H,16,18)/t11-/m1/s1. The minimum absolute atomic E-state index is 0.0823. The topological polar surface area (TPSA) is 32.3 Å². The maximum atomic E-state index is 11.6. The highest BCUT2D eigenvalue weighted by Crippen LogP contribution is 2.21. The summed E-state index contributed by atoms with van der Waals surface area (Å²) in [6.07, 6.45) is 2.65. The molecule has 1 aromatic carbocycles. The van der Waals surface area contributed by atoms with Crippen molar-refractivity contribution in [3.63, 3.8) is 0 Å². The Balaban J connectivity index is 1.73. The van der Waals surface area contributed by atoms with Crippen molar-refractivity contribution in [3.8, 4) is 0 Å². The minimum atomic E-state index is 0.0823. The van der Waals surface area contributed by atoms with E-state index in [0.717, 1.165) is 23.6 Å². The molecule has 3 heteroatoms. The molecular formula is C15H20N2O. The smallest absolute Gasteiger partial charge is 0.251 e. The Bertz CT molecular complexity index is 470. The third kappa shape index (κ3) is 2.27. The number of fused-ring (bicyclic) bond motifs is 1. The van der Waals surface area contributed by atoms with Crippen LogP contribution in [0.3, 0.4) is 0 Å². The lowest BCUT2D eigenvalue weighted by Gasteiger charge is -2.30. The summed E-state index contributed by atoms with van der Waals surface area (Å²) in [5, 5.41) is 2.87. The summed E-state index contributed by atoms with van der Waals surface area (Å²) in [7, 11) is 0. The molecule has 0 aromatic heterocycles. The van der Waals surface area contributed by atoms with Gasteiger partial charge in [-0.05, 0) is 42.5 Å². The van der Waals surface area contributed by atoms with Gasteiger partial charge in [-0.2, -0.15) is 0 Å². The number of carbonyl (C=O) groups excluding carboxylic acids is 1. The molecule has 3 nitrogen and oxygen atoms in total. The molecule has 2 heterocycles. The molecule has 0 radical (unpaired) electrons. The van der Waals surface area contributed by atoms with E-state index in [-0.39, 0.29) is 5.91 Å². The summed E-state index contributed by atoms with van der Waals surface area (Å²) < 4.78 is 0. The largest absolute Gasteiger partial charge is 0.348 e. The molecule has 1 fully saturated rings. The molecule has 1 aromatic rings. The Morgan fingerprint density at radius 2 is 2.33 bits per heavy atom. The Kier molecular flexibility index (Phi) is 3.08. The van der Waals surface area contributed by atoms with Gasteiger partial charge < -0.3 is 5.32 Å². The molecule has 18 heavy (non-hydrogen) atoms. The summed E-state index contributed by atoms with van der Waals surface area (Å²) >= 11 is 0. The first kappa shape index (κ1) is 11.7. The first-order valence-corrected chi connectivity index (χ1v) is 6.85. The van der Waals surface area contributed by atoms with Gasteiger partial charge >= 0.3 is 0 Å². The number of hydrogen-bond donors (Lipinski definition) is 1. The first-order valence-electron chi connectivity index (χ1n) is 6.85. The van der Waals surface area contributed by atoms with Crippen LogP contribution in [0.4, 0.5) is 0 Å². The van der Waals surface area contributed by atoms with Crippen molar-refractivity contribution in [1.82, 2.24) is 10.2 Å². The molecule has 0 aliphatic carbocycles. The van der Waals surface area contributed by atoms with E-state index in [1.54, 1.807) is 0 Å². The van der Waals surface area contributed by atoms with Crippen molar-refractivity contribution in [1.29, 1.82) is 0 Å². The van der Waals surface area contributed by atoms with Crippen molar-refractivity contribution in [2.45, 2.75) is 32.9 Å². The highest BCUT2D eigenvalue weighted by atomic mass is 16.1. The molecule has 96 valence electrons. The van der Waals surface area contributed by atoms with Crippen LogP contribution in [0.1, 0.15) is 41.3 Å². The second kappa shape index (κ2) is 4.73. The van der Waals surface area contributed by atoms with E-state index in [1.807, 2.05) is 0 Å². The van der Waals surface area contributed by atoms with Crippen molar-refractivity contribution >= 4 is 5.91 Å². The van der Waals surface area contributed by atoms with Gasteiger partial charge in [0, 0.05) is 25.2 Å². The predicted molar refractivity (Wildman–Crippen MR) is 71.3 cm³/mol. The van der Waals surface area contributed by atoms with Gasteiger partial charge in [-0.15, -0.1) is 0 Å². The molecule has 0 bridgehead atoms. The number of likely N-dealkylation sites (tertiary alicyclic amines) is 1. The van der Waals surface area contributed by atoms with Gasteiger partial charge in [0.25, 0.3) is 5.91 Å². The summed E-state index contributed by atoms with van der Waals surface area (Å²) in [6, 6.07) is 6.32. The summed E-state index contributed by atoms with van der Waals surface area (Å²) in [5.74, 6) is 0.885. The second-order valence-electron chi connectivity index (χ2n) is 5.66. The molecule has 0 saturated carbocycles. The van der Waals surface area contributed by atoms with E-state index in [9.17, 15) is 4.79 Å². The summed E-state index contributed by atoms with van der Waals surface area (Å²) in [6.45, 7) is 6.36. The van der Waals surface area contributed by atoms with Crippen LogP contribution in [-0.2, 0) is 13.1 Å². The zero-order valence-electron chi connectivity index (χ0n) is 10.9. The van der Waals surface area contributed by atoms with Crippen molar-refractivity contribution in [2.24, 2.45) is 5.92 Å². The maximum Gasteiger partial charge on any atom is 0.251 e. The number of nitrogens with one attached hydrogen (secondary N) is 1. The van der Waals surface area contributed by atoms with Gasteiger partial charge in [0.05, 0.1) is 0 Å². The van der Waals surface area contributed by atoms with Crippen LogP contribution in [0, 0.1) is 5.92 Å². The molecule has 0 unspecified atom stereocenters. The molecule has 1 amide bonds. The molecule has 1 atom stereocenters. The molecule has 0 spiro atoms. The van der Waals surface area contributed by atoms with Gasteiger partial charge in [-0.1, -0.05) is 19.1 Å². The minimum Gasteiger partial charge on any atom is -0.348 e. The lowest BCUT2D eigenvalue weighted by molar-refractivity contribution is 0.0965. The van der Waals surface area contributed by atoms with E-state index in [1.165, 1.54) is 31.5 Å². The predicted octanol–water partition coefficient (Wildman–Crippen LogP) is 2.16. The van der Waals surface area contributed by atoms with E-state index < -0.39 is 0 Å². The Morgan fingerprint density at radius 1 is 1.44 bits per heavy atom. The number of amides is 1. The molecule has 2 aliphatic rings. The van der Waals surface area contributed by atoms with Crippen LogP contribution in [0.25, 0.3) is 0 Å². The van der Waals surface area contributed by atoms with Crippen LogP contribution in [-0.4, -0.2) is 23.9 Å². The normalized spacial score (nSPS) is 23.8. The fourth-order valence-electron chi connectivity index (χ4n) is 3.05. The number of piperidine rings is 1. The highest BCUT2D eigenvalue weighted by molar-refractivity contribution is 5.98.